The maximum atomic E-state index is 6.64. The molecular weight excluding hydrogens is 478 g/mol. The molecule has 2 N–H and O–H groups in total. The van der Waals surface area contributed by atoms with Gasteiger partial charge in [-0.15, -0.1) is 0 Å². The van der Waals surface area contributed by atoms with Crippen molar-refractivity contribution >= 4 is 34.6 Å². The van der Waals surface area contributed by atoms with Gasteiger partial charge in [0.05, 0.1) is 0 Å². The molecule has 4 heterocycles. The van der Waals surface area contributed by atoms with E-state index in [2.05, 4.69) is 47.8 Å². The Morgan fingerprint density at radius 2 is 1.44 bits per heavy atom. The average molecular weight is 508 g/mol. The molecule has 0 spiro atoms. The number of nitrogens with zero attached hydrogens (tertiary/aromatic N) is 6. The third-order valence-corrected chi connectivity index (χ3v) is 7.34. The van der Waals surface area contributed by atoms with Gasteiger partial charge in [0.25, 0.3) is 0 Å². The van der Waals surface area contributed by atoms with Gasteiger partial charge in [0.1, 0.15) is 12.0 Å². The summed E-state index contributed by atoms with van der Waals surface area (Å²) in [5.74, 6) is 3.32. The summed E-state index contributed by atoms with van der Waals surface area (Å²) in [6.45, 7) is 8.25. The highest BCUT2D eigenvalue weighted by Crippen LogP contribution is 2.34. The van der Waals surface area contributed by atoms with Crippen LogP contribution in [-0.2, 0) is 6.54 Å². The van der Waals surface area contributed by atoms with Crippen molar-refractivity contribution in [3.8, 4) is 11.5 Å². The van der Waals surface area contributed by atoms with Crippen LogP contribution in [0.5, 0.6) is 11.5 Å². The summed E-state index contributed by atoms with van der Waals surface area (Å²) < 4.78 is 10.9. The number of hydrogen-bond acceptors (Lipinski definition) is 9. The summed E-state index contributed by atoms with van der Waals surface area (Å²) >= 11 is 6.18. The lowest BCUT2D eigenvalue weighted by molar-refractivity contribution is 0.174. The molecule has 10 heteroatoms. The van der Waals surface area contributed by atoms with E-state index in [1.54, 1.807) is 6.33 Å². The van der Waals surface area contributed by atoms with Crippen LogP contribution in [0.2, 0.25) is 5.02 Å². The first kappa shape index (κ1) is 23.0. The van der Waals surface area contributed by atoms with Crippen LogP contribution in [0.15, 0.2) is 48.8 Å². The second-order valence-electron chi connectivity index (χ2n) is 9.34. The summed E-state index contributed by atoms with van der Waals surface area (Å²) in [7, 11) is 0. The molecule has 0 saturated carbocycles. The van der Waals surface area contributed by atoms with E-state index in [4.69, 9.17) is 26.8 Å². The minimum Gasteiger partial charge on any atom is -0.454 e. The van der Waals surface area contributed by atoms with Gasteiger partial charge in [-0.3, -0.25) is 4.90 Å². The zero-order valence-corrected chi connectivity index (χ0v) is 20.9. The molecule has 2 saturated heterocycles. The van der Waals surface area contributed by atoms with E-state index < -0.39 is 0 Å². The van der Waals surface area contributed by atoms with Gasteiger partial charge < -0.3 is 29.9 Å². The van der Waals surface area contributed by atoms with E-state index in [9.17, 15) is 0 Å². The van der Waals surface area contributed by atoms with Crippen molar-refractivity contribution in [2.75, 3.05) is 79.6 Å². The predicted octanol–water partition coefficient (Wildman–Crippen LogP) is 3.09. The van der Waals surface area contributed by atoms with E-state index in [1.807, 2.05) is 24.3 Å². The molecule has 188 valence electrons. The van der Waals surface area contributed by atoms with Crippen molar-refractivity contribution < 1.29 is 9.47 Å². The number of anilines is 4. The van der Waals surface area contributed by atoms with Crippen LogP contribution in [0.25, 0.3) is 0 Å². The molecule has 36 heavy (non-hydrogen) atoms. The number of rotatable bonds is 5. The van der Waals surface area contributed by atoms with Crippen LogP contribution in [0.4, 0.5) is 23.0 Å². The third kappa shape index (κ3) is 4.68. The molecule has 3 aliphatic heterocycles. The average Bonchev–Trinajstić information content (AvgIpc) is 3.38. The zero-order chi connectivity index (χ0) is 24.5. The fraction of sp³-hybridized carbons (Fsp3) is 0.385. The minimum atomic E-state index is 0.303. The SMILES string of the molecule is Nc1c(N2CCN(Cc3ccc4c(c3)OCO4)CC2)ncnc1N1CCN(c2cccc(Cl)c2)CC1. The van der Waals surface area contributed by atoms with Gasteiger partial charge in [0, 0.05) is 69.6 Å². The molecule has 0 unspecified atom stereocenters. The normalized spacial score (nSPS) is 18.1. The van der Waals surface area contributed by atoms with Crippen molar-refractivity contribution in [3.05, 3.63) is 59.4 Å². The lowest BCUT2D eigenvalue weighted by Gasteiger charge is -2.38. The van der Waals surface area contributed by atoms with Crippen molar-refractivity contribution in [2.45, 2.75) is 6.54 Å². The fourth-order valence-electron chi connectivity index (χ4n) is 5.15. The highest BCUT2D eigenvalue weighted by molar-refractivity contribution is 6.30. The summed E-state index contributed by atoms with van der Waals surface area (Å²) in [6, 6.07) is 14.2. The number of halogens is 1. The Bertz CT molecular complexity index is 1230. The Morgan fingerprint density at radius 3 is 2.17 bits per heavy atom. The molecule has 1 aromatic heterocycles. The second-order valence-corrected chi connectivity index (χ2v) is 9.78. The fourth-order valence-corrected chi connectivity index (χ4v) is 5.33. The van der Waals surface area contributed by atoms with Crippen LogP contribution < -0.4 is 29.9 Å². The van der Waals surface area contributed by atoms with E-state index in [1.165, 1.54) is 5.56 Å². The molecule has 9 nitrogen and oxygen atoms in total. The molecule has 0 amide bonds. The summed E-state index contributed by atoms with van der Waals surface area (Å²) in [5.41, 5.74) is 9.69. The molecule has 2 fully saturated rings. The Hall–Kier alpha value is -3.43. The van der Waals surface area contributed by atoms with Crippen molar-refractivity contribution in [3.63, 3.8) is 0 Å². The van der Waals surface area contributed by atoms with Crippen molar-refractivity contribution in [1.29, 1.82) is 0 Å². The maximum Gasteiger partial charge on any atom is 0.231 e. The molecule has 2 aromatic carbocycles. The largest absolute Gasteiger partial charge is 0.454 e. The molecular formula is C26H30ClN7O2. The Labute approximate surface area is 216 Å². The van der Waals surface area contributed by atoms with Crippen LogP contribution in [-0.4, -0.2) is 74.0 Å². The molecule has 3 aromatic rings. The third-order valence-electron chi connectivity index (χ3n) is 7.11. The Kier molecular flexibility index (Phi) is 6.33. The van der Waals surface area contributed by atoms with E-state index in [0.717, 1.165) is 92.7 Å². The molecule has 6 rings (SSSR count). The molecule has 0 radical (unpaired) electrons. The van der Waals surface area contributed by atoms with E-state index in [0.29, 0.717) is 12.5 Å². The number of nitrogen functional groups attached to an aromatic ring is 1. The number of aromatic nitrogens is 2. The number of nitrogens with two attached hydrogens (primary N) is 1. The minimum absolute atomic E-state index is 0.303. The van der Waals surface area contributed by atoms with Gasteiger partial charge in [-0.05, 0) is 35.9 Å². The number of hydrogen-bond donors (Lipinski definition) is 1. The predicted molar refractivity (Wildman–Crippen MR) is 142 cm³/mol. The Balaban J connectivity index is 1.07. The van der Waals surface area contributed by atoms with Gasteiger partial charge in [-0.1, -0.05) is 23.7 Å². The number of fused-ring (bicyclic) bond motifs is 1. The second kappa shape index (κ2) is 9.91. The van der Waals surface area contributed by atoms with Gasteiger partial charge in [-0.2, -0.15) is 0 Å². The lowest BCUT2D eigenvalue weighted by Crippen LogP contribution is -2.48. The first-order valence-electron chi connectivity index (χ1n) is 12.4. The Morgan fingerprint density at radius 1 is 0.778 bits per heavy atom. The topological polar surface area (TPSA) is 83.2 Å². The summed E-state index contributed by atoms with van der Waals surface area (Å²) in [6.07, 6.45) is 1.64. The molecule has 0 atom stereocenters. The first-order valence-corrected chi connectivity index (χ1v) is 12.7. The van der Waals surface area contributed by atoms with Gasteiger partial charge in [0.2, 0.25) is 6.79 Å². The number of benzene rings is 2. The molecule has 0 aliphatic carbocycles. The van der Waals surface area contributed by atoms with Crippen LogP contribution in [0.3, 0.4) is 0 Å². The van der Waals surface area contributed by atoms with Crippen LogP contribution >= 0.6 is 11.6 Å². The quantitative estimate of drug-likeness (QED) is 0.560. The number of ether oxygens (including phenoxy) is 2. The highest BCUT2D eigenvalue weighted by atomic mass is 35.5. The highest BCUT2D eigenvalue weighted by Gasteiger charge is 2.25. The van der Waals surface area contributed by atoms with E-state index >= 15 is 0 Å². The molecule has 3 aliphatic rings. The van der Waals surface area contributed by atoms with Gasteiger partial charge >= 0.3 is 0 Å². The van der Waals surface area contributed by atoms with Gasteiger partial charge in [-0.25, -0.2) is 9.97 Å². The number of piperazine rings is 2. The summed E-state index contributed by atoms with van der Waals surface area (Å²) in [5, 5.41) is 0.760. The summed E-state index contributed by atoms with van der Waals surface area (Å²) in [4.78, 5) is 18.5. The van der Waals surface area contributed by atoms with Crippen molar-refractivity contribution in [1.82, 2.24) is 14.9 Å². The maximum absolute atomic E-state index is 6.64. The van der Waals surface area contributed by atoms with Crippen LogP contribution in [0.1, 0.15) is 5.56 Å². The lowest BCUT2D eigenvalue weighted by atomic mass is 10.1. The van der Waals surface area contributed by atoms with E-state index in [-0.39, 0.29) is 0 Å². The standard InChI is InChI=1S/C26H30ClN7O2/c27-20-2-1-3-21(15-20)32-10-12-34(13-11-32)26-24(28)25(29-17-30-26)33-8-6-31(7-9-33)16-19-4-5-22-23(14-19)36-18-35-22/h1-5,14-15,17H,6-13,16,18,28H2. The smallest absolute Gasteiger partial charge is 0.231 e. The first-order chi connectivity index (χ1) is 17.6. The zero-order valence-electron chi connectivity index (χ0n) is 20.1. The molecule has 0 bridgehead atoms. The van der Waals surface area contributed by atoms with Gasteiger partial charge in [0.15, 0.2) is 23.1 Å². The van der Waals surface area contributed by atoms with Crippen molar-refractivity contribution in [2.24, 2.45) is 0 Å². The van der Waals surface area contributed by atoms with Crippen LogP contribution in [0, 0.1) is 0 Å². The monoisotopic (exact) mass is 507 g/mol.